The number of rotatable bonds is 4. The molecule has 5 aromatic rings. The lowest BCUT2D eigenvalue weighted by atomic mass is 10.1. The summed E-state index contributed by atoms with van der Waals surface area (Å²) in [5, 5.41) is 1.01. The van der Waals surface area contributed by atoms with Gasteiger partial charge in [0, 0.05) is 23.6 Å². The number of furan rings is 1. The first-order valence-electron chi connectivity index (χ1n) is 9.11. The summed E-state index contributed by atoms with van der Waals surface area (Å²) in [7, 11) is 0. The Balaban J connectivity index is 1.38. The van der Waals surface area contributed by atoms with E-state index in [1.165, 1.54) is 12.1 Å². The van der Waals surface area contributed by atoms with Crippen molar-refractivity contribution in [1.29, 1.82) is 0 Å². The second kappa shape index (κ2) is 6.91. The topological polar surface area (TPSA) is 63.9 Å². The van der Waals surface area contributed by atoms with Crippen LogP contribution in [0.1, 0.15) is 11.4 Å². The molecule has 1 N–H and O–H groups in total. The van der Waals surface area contributed by atoms with Gasteiger partial charge >= 0.3 is 6.36 Å². The van der Waals surface area contributed by atoms with Crippen molar-refractivity contribution in [3.8, 4) is 17.1 Å². The van der Waals surface area contributed by atoms with Gasteiger partial charge in [-0.2, -0.15) is 0 Å². The van der Waals surface area contributed by atoms with Gasteiger partial charge in [-0.15, -0.1) is 13.2 Å². The van der Waals surface area contributed by atoms with E-state index in [0.717, 1.165) is 27.6 Å². The van der Waals surface area contributed by atoms with Crippen LogP contribution in [0.25, 0.3) is 33.5 Å². The number of H-pyrrole nitrogens is 1. The van der Waals surface area contributed by atoms with Gasteiger partial charge in [-0.05, 0) is 35.9 Å². The van der Waals surface area contributed by atoms with E-state index in [4.69, 9.17) is 4.42 Å². The van der Waals surface area contributed by atoms with Crippen molar-refractivity contribution < 1.29 is 22.3 Å². The van der Waals surface area contributed by atoms with Crippen LogP contribution in [-0.2, 0) is 6.42 Å². The second-order valence-electron chi connectivity index (χ2n) is 6.80. The molecule has 0 amide bonds. The van der Waals surface area contributed by atoms with Crippen LogP contribution in [0.2, 0.25) is 0 Å². The Kier molecular flexibility index (Phi) is 4.20. The van der Waals surface area contributed by atoms with Crippen molar-refractivity contribution in [1.82, 2.24) is 15.0 Å². The molecule has 0 fully saturated rings. The molecule has 5 rings (SSSR count). The standard InChI is InChI=1S/C22H14F3N3O2/c23-22(24,25)30-16-7-5-13(6-8-16)9-20-27-17-10-15(12-26-21(17)28-20)19-11-14-3-1-2-4-18(14)29-19/h1-8,10-12H,9H2,(H,26,27,28). The number of pyridine rings is 1. The Morgan fingerprint density at radius 1 is 1.00 bits per heavy atom. The van der Waals surface area contributed by atoms with Crippen LogP contribution < -0.4 is 4.74 Å². The van der Waals surface area contributed by atoms with Crippen LogP contribution >= 0.6 is 0 Å². The van der Waals surface area contributed by atoms with Gasteiger partial charge in [0.15, 0.2) is 5.65 Å². The number of nitrogens with zero attached hydrogens (tertiary/aromatic N) is 2. The van der Waals surface area contributed by atoms with E-state index in [1.54, 1.807) is 18.3 Å². The average Bonchev–Trinajstić information content (AvgIpc) is 3.31. The molecule has 0 aliphatic heterocycles. The van der Waals surface area contributed by atoms with E-state index in [-0.39, 0.29) is 5.75 Å². The molecule has 0 aliphatic rings. The van der Waals surface area contributed by atoms with Gasteiger partial charge in [0.1, 0.15) is 22.9 Å². The lowest BCUT2D eigenvalue weighted by Gasteiger charge is -2.08. The molecule has 30 heavy (non-hydrogen) atoms. The van der Waals surface area contributed by atoms with Crippen LogP contribution in [0.4, 0.5) is 13.2 Å². The first-order valence-corrected chi connectivity index (χ1v) is 9.11. The average molecular weight is 409 g/mol. The van der Waals surface area contributed by atoms with Gasteiger partial charge in [-0.25, -0.2) is 9.97 Å². The molecule has 5 nitrogen and oxygen atoms in total. The molecular formula is C22H14F3N3O2. The lowest BCUT2D eigenvalue weighted by molar-refractivity contribution is -0.274. The number of aromatic amines is 1. The molecule has 0 saturated heterocycles. The van der Waals surface area contributed by atoms with Crippen LogP contribution in [0, 0.1) is 0 Å². The van der Waals surface area contributed by atoms with Crippen molar-refractivity contribution in [3.63, 3.8) is 0 Å². The fourth-order valence-electron chi connectivity index (χ4n) is 3.29. The Hall–Kier alpha value is -3.81. The molecule has 0 radical (unpaired) electrons. The van der Waals surface area contributed by atoms with Crippen LogP contribution in [0.5, 0.6) is 5.75 Å². The lowest BCUT2D eigenvalue weighted by Crippen LogP contribution is -2.17. The number of benzene rings is 2. The van der Waals surface area contributed by atoms with E-state index in [9.17, 15) is 13.2 Å². The van der Waals surface area contributed by atoms with Crippen LogP contribution in [0.15, 0.2) is 71.3 Å². The van der Waals surface area contributed by atoms with Crippen molar-refractivity contribution >= 4 is 22.1 Å². The molecule has 0 atom stereocenters. The summed E-state index contributed by atoms with van der Waals surface area (Å²) in [4.78, 5) is 12.1. The van der Waals surface area contributed by atoms with E-state index >= 15 is 0 Å². The number of aromatic nitrogens is 3. The number of imidazole rings is 1. The summed E-state index contributed by atoms with van der Waals surface area (Å²) >= 11 is 0. The van der Waals surface area contributed by atoms with E-state index in [2.05, 4.69) is 19.7 Å². The highest BCUT2D eigenvalue weighted by Crippen LogP contribution is 2.29. The molecule has 2 aromatic carbocycles. The summed E-state index contributed by atoms with van der Waals surface area (Å²) in [6.45, 7) is 0. The number of halogens is 3. The molecule has 150 valence electrons. The number of para-hydroxylation sites is 1. The number of hydrogen-bond acceptors (Lipinski definition) is 4. The van der Waals surface area contributed by atoms with Crippen molar-refractivity contribution in [2.45, 2.75) is 12.8 Å². The van der Waals surface area contributed by atoms with Crippen molar-refractivity contribution in [2.24, 2.45) is 0 Å². The zero-order chi connectivity index (χ0) is 20.7. The van der Waals surface area contributed by atoms with E-state index in [0.29, 0.717) is 23.7 Å². The summed E-state index contributed by atoms with van der Waals surface area (Å²) in [5.41, 5.74) is 3.72. The molecule has 0 bridgehead atoms. The quantitative estimate of drug-likeness (QED) is 0.404. The van der Waals surface area contributed by atoms with Crippen molar-refractivity contribution in [2.75, 3.05) is 0 Å². The Labute approximate surface area is 168 Å². The predicted molar refractivity (Wildman–Crippen MR) is 105 cm³/mol. The largest absolute Gasteiger partial charge is 0.573 e. The summed E-state index contributed by atoms with van der Waals surface area (Å²) in [5.74, 6) is 1.11. The number of fused-ring (bicyclic) bond motifs is 2. The Bertz CT molecular complexity index is 1300. The highest BCUT2D eigenvalue weighted by molar-refractivity contribution is 5.84. The third-order valence-electron chi connectivity index (χ3n) is 4.63. The van der Waals surface area contributed by atoms with Crippen molar-refractivity contribution in [3.05, 3.63) is 78.2 Å². The first-order chi connectivity index (χ1) is 14.4. The number of ether oxygens (including phenoxy) is 1. The van der Waals surface area contributed by atoms with Gasteiger partial charge in [0.2, 0.25) is 0 Å². The van der Waals surface area contributed by atoms with Gasteiger partial charge in [-0.3, -0.25) is 0 Å². The summed E-state index contributed by atoms with van der Waals surface area (Å²) < 4.78 is 46.6. The summed E-state index contributed by atoms with van der Waals surface area (Å²) in [6.07, 6.45) is -2.58. The third-order valence-corrected chi connectivity index (χ3v) is 4.63. The molecule has 8 heteroatoms. The zero-order valence-electron chi connectivity index (χ0n) is 15.4. The number of nitrogens with one attached hydrogen (secondary N) is 1. The first kappa shape index (κ1) is 18.2. The maximum atomic E-state index is 12.3. The Morgan fingerprint density at radius 3 is 2.57 bits per heavy atom. The van der Waals surface area contributed by atoms with Gasteiger partial charge in [0.05, 0.1) is 5.52 Å². The third kappa shape index (κ3) is 3.71. The van der Waals surface area contributed by atoms with Gasteiger partial charge in [-0.1, -0.05) is 30.3 Å². The molecule has 0 saturated carbocycles. The van der Waals surface area contributed by atoms with E-state index in [1.807, 2.05) is 36.4 Å². The fraction of sp³-hybridized carbons (Fsp3) is 0.0909. The predicted octanol–water partition coefficient (Wildman–Crippen LogP) is 5.86. The highest BCUT2D eigenvalue weighted by Gasteiger charge is 2.30. The smallest absolute Gasteiger partial charge is 0.456 e. The molecule has 3 heterocycles. The summed E-state index contributed by atoms with van der Waals surface area (Å²) in [6, 6.07) is 17.3. The normalized spacial score (nSPS) is 12.0. The Morgan fingerprint density at radius 2 is 1.80 bits per heavy atom. The SMILES string of the molecule is FC(F)(F)Oc1ccc(Cc2nc3ncc(-c4cc5ccccc5o4)cc3[nH]2)cc1. The van der Waals surface area contributed by atoms with Crippen LogP contribution in [-0.4, -0.2) is 21.3 Å². The molecule has 0 unspecified atom stereocenters. The molecule has 3 aromatic heterocycles. The monoisotopic (exact) mass is 409 g/mol. The minimum atomic E-state index is -4.70. The minimum absolute atomic E-state index is 0.256. The van der Waals surface area contributed by atoms with E-state index < -0.39 is 6.36 Å². The molecule has 0 aliphatic carbocycles. The highest BCUT2D eigenvalue weighted by atomic mass is 19.4. The minimum Gasteiger partial charge on any atom is -0.456 e. The number of hydrogen-bond donors (Lipinski definition) is 1. The molecular weight excluding hydrogens is 395 g/mol. The van der Waals surface area contributed by atoms with Gasteiger partial charge in [0.25, 0.3) is 0 Å². The second-order valence-corrected chi connectivity index (χ2v) is 6.80. The number of alkyl halides is 3. The maximum absolute atomic E-state index is 12.3. The fourth-order valence-corrected chi connectivity index (χ4v) is 3.29. The maximum Gasteiger partial charge on any atom is 0.573 e. The zero-order valence-corrected chi connectivity index (χ0v) is 15.4. The van der Waals surface area contributed by atoms with Gasteiger partial charge < -0.3 is 14.1 Å². The molecule has 0 spiro atoms. The van der Waals surface area contributed by atoms with Crippen LogP contribution in [0.3, 0.4) is 0 Å².